The zero-order chi connectivity index (χ0) is 21.3. The van der Waals surface area contributed by atoms with E-state index in [0.717, 1.165) is 0 Å². The fraction of sp³-hybridized carbons (Fsp3) is 0.667. The van der Waals surface area contributed by atoms with Crippen molar-refractivity contribution < 1.29 is 22.7 Å². The van der Waals surface area contributed by atoms with E-state index in [4.69, 9.17) is 9.47 Å². The van der Waals surface area contributed by atoms with E-state index in [2.05, 4.69) is 0 Å². The van der Waals surface area contributed by atoms with E-state index in [-0.39, 0.29) is 17.7 Å². The van der Waals surface area contributed by atoms with Crippen LogP contribution in [0.5, 0.6) is 0 Å². The van der Waals surface area contributed by atoms with Crippen molar-refractivity contribution in [2.75, 3.05) is 26.2 Å². The number of piperidine rings is 1. The van der Waals surface area contributed by atoms with Gasteiger partial charge in [0.1, 0.15) is 5.60 Å². The quantitative estimate of drug-likeness (QED) is 0.742. The summed E-state index contributed by atoms with van der Waals surface area (Å²) in [5.74, 6) is 0. The third kappa shape index (κ3) is 4.92. The Morgan fingerprint density at radius 2 is 1.86 bits per heavy atom. The average Bonchev–Trinajstić information content (AvgIpc) is 3.05. The highest BCUT2D eigenvalue weighted by Crippen LogP contribution is 2.39. The Labute approximate surface area is 174 Å². The van der Waals surface area contributed by atoms with Crippen LogP contribution in [0, 0.1) is 0 Å². The first-order valence-electron chi connectivity index (χ1n) is 10.3. The van der Waals surface area contributed by atoms with Crippen LogP contribution in [-0.2, 0) is 19.5 Å². The van der Waals surface area contributed by atoms with Gasteiger partial charge in [-0.2, -0.15) is 4.31 Å². The summed E-state index contributed by atoms with van der Waals surface area (Å²) in [6.07, 6.45) is 1.72. The van der Waals surface area contributed by atoms with Crippen LogP contribution in [0.2, 0.25) is 0 Å². The van der Waals surface area contributed by atoms with E-state index in [1.807, 2.05) is 27.7 Å². The summed E-state index contributed by atoms with van der Waals surface area (Å²) in [4.78, 5) is 14.3. The van der Waals surface area contributed by atoms with Crippen molar-refractivity contribution in [3.8, 4) is 0 Å². The van der Waals surface area contributed by atoms with E-state index in [1.165, 1.54) is 0 Å². The number of carbonyl (C=O) groups excluding carboxylic acids is 1. The van der Waals surface area contributed by atoms with Crippen LogP contribution in [0.15, 0.2) is 35.2 Å². The Hall–Kier alpha value is -1.64. The number of benzene rings is 1. The van der Waals surface area contributed by atoms with E-state index in [1.54, 1.807) is 39.5 Å². The van der Waals surface area contributed by atoms with Gasteiger partial charge >= 0.3 is 6.09 Å². The summed E-state index contributed by atoms with van der Waals surface area (Å²) in [5, 5.41) is 0. The number of hydrogen-bond acceptors (Lipinski definition) is 5. The molecule has 0 radical (unpaired) electrons. The Morgan fingerprint density at radius 1 is 1.24 bits per heavy atom. The molecule has 0 aromatic heterocycles. The molecule has 7 nitrogen and oxygen atoms in total. The third-order valence-electron chi connectivity index (χ3n) is 5.58. The van der Waals surface area contributed by atoms with Gasteiger partial charge in [0.2, 0.25) is 10.0 Å². The molecule has 8 heteroatoms. The van der Waals surface area contributed by atoms with Crippen molar-refractivity contribution in [3.63, 3.8) is 0 Å². The number of likely N-dealkylation sites (tertiary alicyclic amines) is 1. The highest BCUT2D eigenvalue weighted by Gasteiger charge is 2.47. The number of rotatable bonds is 4. The molecule has 0 aliphatic carbocycles. The second-order valence-electron chi connectivity index (χ2n) is 8.84. The third-order valence-corrected chi connectivity index (χ3v) is 7.63. The zero-order valence-electron chi connectivity index (χ0n) is 17.8. The molecule has 2 aliphatic rings. The van der Waals surface area contributed by atoms with E-state index >= 15 is 0 Å². The Morgan fingerprint density at radius 3 is 2.41 bits per heavy atom. The topological polar surface area (TPSA) is 76.2 Å². The SMILES string of the molecule is CCN([C@H]1COC2(CCN(C(=O)OC(C)(C)C)CC2)C1)S(=O)(=O)c1ccccc1. The van der Waals surface area contributed by atoms with Crippen LogP contribution in [0.1, 0.15) is 47.0 Å². The minimum absolute atomic E-state index is 0.196. The van der Waals surface area contributed by atoms with Gasteiger partial charge in [0.15, 0.2) is 0 Å². The lowest BCUT2D eigenvalue weighted by Gasteiger charge is -2.39. The first-order chi connectivity index (χ1) is 13.6. The number of ether oxygens (including phenoxy) is 2. The Bertz CT molecular complexity index is 811. The second-order valence-corrected chi connectivity index (χ2v) is 10.7. The van der Waals surface area contributed by atoms with Crippen molar-refractivity contribution in [1.29, 1.82) is 0 Å². The molecular weight excluding hydrogens is 392 g/mol. The predicted molar refractivity (Wildman–Crippen MR) is 110 cm³/mol. The van der Waals surface area contributed by atoms with E-state index in [0.29, 0.717) is 50.4 Å². The fourth-order valence-corrected chi connectivity index (χ4v) is 5.77. The maximum Gasteiger partial charge on any atom is 0.410 e. The van der Waals surface area contributed by atoms with Gasteiger partial charge in [0.05, 0.1) is 23.1 Å². The van der Waals surface area contributed by atoms with Crippen LogP contribution in [-0.4, -0.2) is 67.2 Å². The van der Waals surface area contributed by atoms with Crippen molar-refractivity contribution in [3.05, 3.63) is 30.3 Å². The molecule has 0 saturated carbocycles. The molecule has 1 atom stereocenters. The maximum absolute atomic E-state index is 13.1. The molecule has 0 unspecified atom stereocenters. The summed E-state index contributed by atoms with van der Waals surface area (Å²) in [5.41, 5.74) is -0.891. The highest BCUT2D eigenvalue weighted by atomic mass is 32.2. The largest absolute Gasteiger partial charge is 0.444 e. The molecule has 1 aromatic carbocycles. The smallest absolute Gasteiger partial charge is 0.410 e. The Balaban J connectivity index is 1.65. The minimum Gasteiger partial charge on any atom is -0.444 e. The number of hydrogen-bond donors (Lipinski definition) is 0. The molecule has 1 spiro atoms. The lowest BCUT2D eigenvalue weighted by atomic mass is 9.87. The molecule has 2 heterocycles. The number of carbonyl (C=O) groups is 1. The number of sulfonamides is 1. The van der Waals surface area contributed by atoms with E-state index < -0.39 is 15.6 Å². The molecule has 2 saturated heterocycles. The second kappa shape index (κ2) is 8.24. The number of likely N-dealkylation sites (N-methyl/N-ethyl adjacent to an activating group) is 1. The van der Waals surface area contributed by atoms with Crippen molar-refractivity contribution in [1.82, 2.24) is 9.21 Å². The van der Waals surface area contributed by atoms with Crippen LogP contribution >= 0.6 is 0 Å². The van der Waals surface area contributed by atoms with Crippen LogP contribution in [0.25, 0.3) is 0 Å². The molecule has 162 valence electrons. The number of nitrogens with zero attached hydrogens (tertiary/aromatic N) is 2. The van der Waals surface area contributed by atoms with Crippen molar-refractivity contribution in [2.24, 2.45) is 0 Å². The number of amides is 1. The summed E-state index contributed by atoms with van der Waals surface area (Å²) in [7, 11) is -3.57. The molecule has 1 aromatic rings. The molecule has 1 amide bonds. The van der Waals surface area contributed by atoms with Crippen LogP contribution in [0.3, 0.4) is 0 Å². The standard InChI is InChI=1S/C21H32N2O5S/c1-5-23(29(25,26)18-9-7-6-8-10-18)17-15-21(27-16-17)11-13-22(14-12-21)19(24)28-20(2,3)4/h6-10,17H,5,11-16H2,1-4H3/t17-/m1/s1. The molecular formula is C21H32N2O5S. The fourth-order valence-electron chi connectivity index (χ4n) is 4.13. The molecule has 29 heavy (non-hydrogen) atoms. The van der Waals surface area contributed by atoms with Gasteiger partial charge in [-0.3, -0.25) is 0 Å². The monoisotopic (exact) mass is 424 g/mol. The summed E-state index contributed by atoms with van der Waals surface area (Å²) in [6, 6.07) is 8.34. The minimum atomic E-state index is -3.57. The lowest BCUT2D eigenvalue weighted by Crippen LogP contribution is -2.48. The summed E-state index contributed by atoms with van der Waals surface area (Å²) >= 11 is 0. The summed E-state index contributed by atoms with van der Waals surface area (Å²) in [6.45, 7) is 9.31. The van der Waals surface area contributed by atoms with Gasteiger partial charge in [-0.1, -0.05) is 25.1 Å². The van der Waals surface area contributed by atoms with Gasteiger partial charge in [-0.05, 0) is 52.2 Å². The molecule has 2 aliphatic heterocycles. The lowest BCUT2D eigenvalue weighted by molar-refractivity contribution is -0.0487. The predicted octanol–water partition coefficient (Wildman–Crippen LogP) is 3.26. The van der Waals surface area contributed by atoms with Gasteiger partial charge in [0.25, 0.3) is 0 Å². The average molecular weight is 425 g/mol. The first-order valence-corrected chi connectivity index (χ1v) is 11.7. The van der Waals surface area contributed by atoms with Gasteiger partial charge in [0, 0.05) is 19.6 Å². The van der Waals surface area contributed by atoms with Crippen molar-refractivity contribution >= 4 is 16.1 Å². The van der Waals surface area contributed by atoms with Gasteiger partial charge < -0.3 is 14.4 Å². The summed E-state index contributed by atoms with van der Waals surface area (Å²) < 4.78 is 39.4. The molecule has 0 bridgehead atoms. The first kappa shape index (κ1) is 22.1. The van der Waals surface area contributed by atoms with Crippen molar-refractivity contribution in [2.45, 2.75) is 69.1 Å². The van der Waals surface area contributed by atoms with E-state index in [9.17, 15) is 13.2 Å². The normalized spacial score (nSPS) is 22.2. The molecule has 3 rings (SSSR count). The van der Waals surface area contributed by atoms with Crippen LogP contribution < -0.4 is 0 Å². The zero-order valence-corrected chi connectivity index (χ0v) is 18.6. The molecule has 2 fully saturated rings. The van der Waals surface area contributed by atoms with Gasteiger partial charge in [-0.25, -0.2) is 13.2 Å². The maximum atomic E-state index is 13.1. The van der Waals surface area contributed by atoms with Crippen LogP contribution in [0.4, 0.5) is 4.79 Å². The Kier molecular flexibility index (Phi) is 6.27. The van der Waals surface area contributed by atoms with Gasteiger partial charge in [-0.15, -0.1) is 0 Å². The molecule has 0 N–H and O–H groups in total. The highest BCUT2D eigenvalue weighted by molar-refractivity contribution is 7.89.